The van der Waals surface area contributed by atoms with Crippen molar-refractivity contribution in [2.45, 2.75) is 18.9 Å². The smallest absolute Gasteiger partial charge is 0.131 e. The number of hydrogen-bond donors (Lipinski definition) is 3. The summed E-state index contributed by atoms with van der Waals surface area (Å²) in [5.41, 5.74) is 12.2. The topological polar surface area (TPSA) is 113 Å². The molecule has 0 fully saturated rings. The van der Waals surface area contributed by atoms with Gasteiger partial charge in [-0.2, -0.15) is 0 Å². The number of aromatic nitrogens is 3. The van der Waals surface area contributed by atoms with Gasteiger partial charge in [0.1, 0.15) is 22.9 Å². The van der Waals surface area contributed by atoms with Crippen LogP contribution in [-0.2, 0) is 6.54 Å². The Morgan fingerprint density at radius 1 is 1.06 bits per heavy atom. The lowest BCUT2D eigenvalue weighted by molar-refractivity contribution is 0.257. The van der Waals surface area contributed by atoms with Crippen LogP contribution in [-0.4, -0.2) is 21.1 Å². The fourth-order valence-electron chi connectivity index (χ4n) is 3.90. The molecular formula is C24H24N6O2. The van der Waals surface area contributed by atoms with Crippen molar-refractivity contribution in [3.05, 3.63) is 78.9 Å². The first-order valence-corrected chi connectivity index (χ1v) is 10.4. The number of ether oxygens (including phenoxy) is 2. The molecule has 1 atom stereocenters. The highest BCUT2D eigenvalue weighted by Crippen LogP contribution is 2.38. The second-order valence-electron chi connectivity index (χ2n) is 7.71. The van der Waals surface area contributed by atoms with E-state index in [0.29, 0.717) is 29.6 Å². The summed E-state index contributed by atoms with van der Waals surface area (Å²) in [5, 5.41) is 0. The standard InChI is InChI=1S/C24H24N6O2/c25-20-12-27-22(11-21(20)29-26)23-14-30(15-28-23)13-16-8-9-31-24-10-18(6-7-19(16)24)32-17-4-2-1-3-5-17/h1-7,10-12,14-16H,8-9,13,25-26H2,(H,27,29). The number of hydrazine groups is 1. The van der Waals surface area contributed by atoms with E-state index in [0.717, 1.165) is 35.9 Å². The number of fused-ring (bicyclic) bond motifs is 1. The van der Waals surface area contributed by atoms with Crippen LogP contribution in [0.2, 0.25) is 0 Å². The minimum Gasteiger partial charge on any atom is -0.493 e. The molecule has 2 aromatic carbocycles. The van der Waals surface area contributed by atoms with Crippen LogP contribution in [0.25, 0.3) is 11.4 Å². The van der Waals surface area contributed by atoms with Gasteiger partial charge >= 0.3 is 0 Å². The molecule has 2 aromatic heterocycles. The Labute approximate surface area is 185 Å². The molecule has 8 nitrogen and oxygen atoms in total. The molecule has 0 spiro atoms. The number of para-hydroxylation sites is 1. The Hall–Kier alpha value is -4.04. The minimum absolute atomic E-state index is 0.312. The number of anilines is 2. The molecular weight excluding hydrogens is 404 g/mol. The van der Waals surface area contributed by atoms with Gasteiger partial charge in [0.2, 0.25) is 0 Å². The van der Waals surface area contributed by atoms with Crippen LogP contribution in [0.5, 0.6) is 17.2 Å². The highest BCUT2D eigenvalue weighted by Gasteiger charge is 2.23. The summed E-state index contributed by atoms with van der Waals surface area (Å²) >= 11 is 0. The zero-order valence-corrected chi connectivity index (χ0v) is 17.4. The van der Waals surface area contributed by atoms with E-state index >= 15 is 0 Å². The third kappa shape index (κ3) is 4.08. The highest BCUT2D eigenvalue weighted by atomic mass is 16.5. The van der Waals surface area contributed by atoms with E-state index in [9.17, 15) is 0 Å². The van der Waals surface area contributed by atoms with Crippen LogP contribution in [0.3, 0.4) is 0 Å². The number of benzene rings is 2. The van der Waals surface area contributed by atoms with Crippen molar-refractivity contribution in [3.63, 3.8) is 0 Å². The zero-order chi connectivity index (χ0) is 21.9. The number of nitrogens with one attached hydrogen (secondary N) is 1. The number of nitrogens with two attached hydrogens (primary N) is 2. The predicted octanol–water partition coefficient (Wildman–Crippen LogP) is 4.17. The Morgan fingerprint density at radius 2 is 1.94 bits per heavy atom. The summed E-state index contributed by atoms with van der Waals surface area (Å²) in [6.07, 6.45) is 6.32. The molecule has 5 rings (SSSR count). The molecule has 5 N–H and O–H groups in total. The van der Waals surface area contributed by atoms with Crippen molar-refractivity contribution in [2.24, 2.45) is 5.84 Å². The van der Waals surface area contributed by atoms with Crippen LogP contribution in [0.1, 0.15) is 17.9 Å². The van der Waals surface area contributed by atoms with Crippen molar-refractivity contribution in [3.8, 4) is 28.6 Å². The van der Waals surface area contributed by atoms with Crippen molar-refractivity contribution < 1.29 is 9.47 Å². The van der Waals surface area contributed by atoms with E-state index in [4.69, 9.17) is 21.1 Å². The molecule has 1 aliphatic heterocycles. The summed E-state index contributed by atoms with van der Waals surface area (Å²) in [6.45, 7) is 1.46. The normalized spacial score (nSPS) is 15.0. The van der Waals surface area contributed by atoms with Gasteiger partial charge in [-0.3, -0.25) is 10.8 Å². The van der Waals surface area contributed by atoms with E-state index < -0.39 is 0 Å². The molecule has 32 heavy (non-hydrogen) atoms. The number of nitrogens with zero attached hydrogens (tertiary/aromatic N) is 3. The summed E-state index contributed by atoms with van der Waals surface area (Å²) in [7, 11) is 0. The largest absolute Gasteiger partial charge is 0.493 e. The van der Waals surface area contributed by atoms with Crippen LogP contribution < -0.4 is 26.5 Å². The van der Waals surface area contributed by atoms with Crippen LogP contribution in [0, 0.1) is 0 Å². The van der Waals surface area contributed by atoms with E-state index in [1.54, 1.807) is 12.3 Å². The molecule has 162 valence electrons. The van der Waals surface area contributed by atoms with Gasteiger partial charge in [-0.25, -0.2) is 4.98 Å². The number of imidazole rings is 1. The zero-order valence-electron chi connectivity index (χ0n) is 17.4. The van der Waals surface area contributed by atoms with Crippen molar-refractivity contribution in [1.82, 2.24) is 14.5 Å². The molecule has 0 saturated carbocycles. The lowest BCUT2D eigenvalue weighted by Crippen LogP contribution is -2.18. The summed E-state index contributed by atoms with van der Waals surface area (Å²) in [5.74, 6) is 8.27. The maximum absolute atomic E-state index is 5.95. The third-order valence-corrected chi connectivity index (χ3v) is 5.54. The van der Waals surface area contributed by atoms with Gasteiger partial charge in [-0.05, 0) is 36.2 Å². The molecule has 8 heteroatoms. The second kappa shape index (κ2) is 8.60. The average molecular weight is 428 g/mol. The van der Waals surface area contributed by atoms with Gasteiger partial charge in [0.25, 0.3) is 0 Å². The van der Waals surface area contributed by atoms with Gasteiger partial charge in [-0.15, -0.1) is 0 Å². The lowest BCUT2D eigenvalue weighted by atomic mass is 9.93. The van der Waals surface area contributed by atoms with Crippen LogP contribution in [0.4, 0.5) is 11.4 Å². The molecule has 0 bridgehead atoms. The first kappa shape index (κ1) is 19.9. The van der Waals surface area contributed by atoms with Gasteiger partial charge in [-0.1, -0.05) is 24.3 Å². The third-order valence-electron chi connectivity index (χ3n) is 5.54. The molecule has 0 saturated heterocycles. The molecule has 1 aliphatic rings. The molecule has 3 heterocycles. The first-order chi connectivity index (χ1) is 15.7. The monoisotopic (exact) mass is 428 g/mol. The SMILES string of the molecule is NNc1cc(-c2cn(CC3CCOc4cc(Oc5ccccc5)ccc43)cn2)ncc1N. The molecule has 0 radical (unpaired) electrons. The molecule has 4 aromatic rings. The average Bonchev–Trinajstić information content (AvgIpc) is 3.29. The molecule has 0 aliphatic carbocycles. The Morgan fingerprint density at radius 3 is 2.78 bits per heavy atom. The molecule has 1 unspecified atom stereocenters. The van der Waals surface area contributed by atoms with Crippen molar-refractivity contribution >= 4 is 11.4 Å². The van der Waals surface area contributed by atoms with Gasteiger partial charge in [0.05, 0.1) is 36.2 Å². The Balaban J connectivity index is 1.33. The minimum atomic E-state index is 0.312. The Kier molecular flexibility index (Phi) is 5.35. The molecule has 0 amide bonds. The van der Waals surface area contributed by atoms with E-state index in [-0.39, 0.29) is 0 Å². The number of pyridine rings is 1. The fourth-order valence-corrected chi connectivity index (χ4v) is 3.90. The van der Waals surface area contributed by atoms with Crippen LogP contribution >= 0.6 is 0 Å². The quantitative estimate of drug-likeness (QED) is 0.312. The maximum atomic E-state index is 5.95. The van der Waals surface area contributed by atoms with Gasteiger partial charge in [0.15, 0.2) is 0 Å². The summed E-state index contributed by atoms with van der Waals surface area (Å²) in [4.78, 5) is 8.88. The second-order valence-corrected chi connectivity index (χ2v) is 7.71. The fraction of sp³-hybridized carbons (Fsp3) is 0.167. The number of nitrogen functional groups attached to an aromatic ring is 2. The van der Waals surface area contributed by atoms with E-state index in [2.05, 4.69) is 26.0 Å². The first-order valence-electron chi connectivity index (χ1n) is 10.4. The maximum Gasteiger partial charge on any atom is 0.131 e. The predicted molar refractivity (Wildman–Crippen MR) is 123 cm³/mol. The number of hydrogen-bond acceptors (Lipinski definition) is 7. The number of rotatable bonds is 6. The van der Waals surface area contributed by atoms with E-state index in [1.807, 2.05) is 55.0 Å². The Bertz CT molecular complexity index is 1220. The highest BCUT2D eigenvalue weighted by molar-refractivity contribution is 5.70. The van der Waals surface area contributed by atoms with Gasteiger partial charge < -0.3 is 25.2 Å². The lowest BCUT2D eigenvalue weighted by Gasteiger charge is -2.26. The summed E-state index contributed by atoms with van der Waals surface area (Å²) in [6, 6.07) is 17.6. The van der Waals surface area contributed by atoms with Crippen molar-refractivity contribution in [1.29, 1.82) is 0 Å². The summed E-state index contributed by atoms with van der Waals surface area (Å²) < 4.78 is 14.0. The van der Waals surface area contributed by atoms with E-state index in [1.165, 1.54) is 5.56 Å². The van der Waals surface area contributed by atoms with Gasteiger partial charge in [0, 0.05) is 24.7 Å². The van der Waals surface area contributed by atoms with Crippen molar-refractivity contribution in [2.75, 3.05) is 17.8 Å². The van der Waals surface area contributed by atoms with Crippen LogP contribution in [0.15, 0.2) is 73.3 Å².